The minimum absolute atomic E-state index is 0. The molecule has 0 saturated carbocycles. The number of sulfonamides is 1. The number of aromatic hydroxyl groups is 2. The Balaban J connectivity index is 0.00000600. The molecule has 0 aliphatic carbocycles. The number of anilines is 3. The number of aryl methyl sites for hydroxylation is 1. The van der Waals surface area contributed by atoms with Crippen molar-refractivity contribution in [3.05, 3.63) is 71.6 Å². The van der Waals surface area contributed by atoms with Gasteiger partial charge in [-0.3, -0.25) is 19.4 Å². The van der Waals surface area contributed by atoms with Crippen LogP contribution in [0.5, 0.6) is 11.6 Å². The number of primary amides is 1. The molecule has 0 bridgehead atoms. The van der Waals surface area contributed by atoms with E-state index in [2.05, 4.69) is 36.1 Å². The number of thioether (sulfide) groups is 2. The number of carbonyl (C=O) groups is 4. The van der Waals surface area contributed by atoms with Crippen LogP contribution < -0.4 is 61.1 Å². The first-order chi connectivity index (χ1) is 26.0. The van der Waals surface area contributed by atoms with Gasteiger partial charge in [-0.2, -0.15) is 4.98 Å². The molecule has 4 amide bonds. The zero-order valence-electron chi connectivity index (χ0n) is 29.4. The Morgan fingerprint density at radius 1 is 1.18 bits per heavy atom. The molecule has 2 aliphatic rings. The van der Waals surface area contributed by atoms with E-state index < -0.39 is 68.2 Å². The van der Waals surface area contributed by atoms with Gasteiger partial charge < -0.3 is 41.2 Å². The number of nitrogens with zero attached hydrogens (tertiary/aromatic N) is 8. The number of fused-ring (bicyclic) bond motifs is 1. The summed E-state index contributed by atoms with van der Waals surface area (Å²) in [5, 5.41) is 54.2. The smallest absolute Gasteiger partial charge is 0.543 e. The number of carboxylic acids is 1. The molecular weight excluding hydrogens is 808 g/mol. The maximum atomic E-state index is 14.4. The van der Waals surface area contributed by atoms with Crippen LogP contribution in [0.15, 0.2) is 76.0 Å². The summed E-state index contributed by atoms with van der Waals surface area (Å²) in [4.78, 5) is 63.2. The molecule has 22 nitrogen and oxygen atoms in total. The number of phenols is 1. The summed E-state index contributed by atoms with van der Waals surface area (Å²) in [6.07, 6.45) is 0.974. The van der Waals surface area contributed by atoms with Gasteiger partial charge in [-0.1, -0.05) is 23.9 Å². The fourth-order valence-electron chi connectivity index (χ4n) is 5.70. The summed E-state index contributed by atoms with van der Waals surface area (Å²) in [5.41, 5.74) is 3.41. The maximum Gasteiger partial charge on any atom is 1.00 e. The van der Waals surface area contributed by atoms with Crippen LogP contribution in [0.2, 0.25) is 0 Å². The normalized spacial score (nSPS) is 18.2. The Bertz CT molecular complexity index is 2330. The summed E-state index contributed by atoms with van der Waals surface area (Å²) >= 11 is 2.23. The third-order valence-electron chi connectivity index (χ3n) is 8.29. The number of methoxy groups -OCH3 is 1. The summed E-state index contributed by atoms with van der Waals surface area (Å²) < 4.78 is 30.2. The van der Waals surface area contributed by atoms with Crippen molar-refractivity contribution in [3.8, 4) is 11.6 Å². The molecule has 0 spiro atoms. The van der Waals surface area contributed by atoms with Gasteiger partial charge in [0.2, 0.25) is 27.0 Å². The molecule has 2 aromatic heterocycles. The topological polar surface area (TPSA) is 327 Å². The van der Waals surface area contributed by atoms with Crippen LogP contribution >= 0.6 is 23.5 Å². The van der Waals surface area contributed by atoms with Gasteiger partial charge in [0.15, 0.2) is 0 Å². The van der Waals surface area contributed by atoms with E-state index in [1.54, 1.807) is 7.05 Å². The molecule has 1 unspecified atom stereocenters. The number of rotatable bonds is 13. The monoisotopic (exact) mass is 836 g/mol. The number of hydrogen-bond acceptors (Lipinski definition) is 18. The van der Waals surface area contributed by atoms with Crippen molar-refractivity contribution >= 4 is 74.7 Å². The molecule has 8 N–H and O–H groups in total. The van der Waals surface area contributed by atoms with E-state index in [0.717, 1.165) is 41.7 Å². The van der Waals surface area contributed by atoms with E-state index in [9.17, 15) is 42.9 Å². The minimum Gasteiger partial charge on any atom is -0.543 e. The first kappa shape index (κ1) is 42.1. The molecule has 1 saturated heterocycles. The number of primary sulfonamides is 1. The number of ether oxygens (including phenoxy) is 1. The SMILES string of the molecule is CO[C@@]1(NC(=O)C(c2ccc(O)cc2)N(C(N)=O)c2cnc(Nc3ccc(S(N)(=O)=O)cc3)nc2O)C(=O)N2C(C(=O)[O-])=C(CSc3nnnn3C)CS[C@H]21.[Na+]. The summed E-state index contributed by atoms with van der Waals surface area (Å²) in [7, 11) is -1.23. The van der Waals surface area contributed by atoms with Crippen molar-refractivity contribution < 1.29 is 77.2 Å². The number of nitrogens with two attached hydrogens (primary N) is 2. The number of carbonyl (C=O) groups excluding carboxylic acids is 4. The summed E-state index contributed by atoms with van der Waals surface area (Å²) in [5.74, 6) is -4.76. The molecule has 26 heteroatoms. The van der Waals surface area contributed by atoms with Crippen LogP contribution in [0, 0.1) is 0 Å². The first-order valence-corrected chi connectivity index (χ1v) is 19.1. The van der Waals surface area contributed by atoms with Gasteiger partial charge in [-0.25, -0.2) is 28.0 Å². The molecule has 288 valence electrons. The molecule has 56 heavy (non-hydrogen) atoms. The summed E-state index contributed by atoms with van der Waals surface area (Å²) in [6.45, 7) is 0. The number of hydrogen-bond donors (Lipinski definition) is 6. The Morgan fingerprint density at radius 3 is 2.41 bits per heavy atom. The Kier molecular flexibility index (Phi) is 12.5. The standard InChI is InChI=1S/C30H30N12O10S3.Na/c1-40-29(37-38-39-40)54-13-15-12-53-26-30(52-2,25(48)42(26)21(15)24(46)47)36-23(45)20(14-3-7-17(43)8-4-14)41(27(31)49)19-11-33-28(35-22(19)44)34-16-5-9-18(10-6-16)55(32,50)51;/h3-11,20,26,43H,12-13H2,1-2H3,(H2,31,49)(H,36,45)(H,46,47)(H2,32,50,51)(H2,33,34,35,44);/q;+1/p-1/t20?,26-,30-;/m0./s1. The molecule has 6 rings (SSSR count). The van der Waals surface area contributed by atoms with Crippen molar-refractivity contribution in [1.82, 2.24) is 40.4 Å². The predicted molar refractivity (Wildman–Crippen MR) is 190 cm³/mol. The van der Waals surface area contributed by atoms with Gasteiger partial charge in [-0.05, 0) is 58.0 Å². The second-order valence-corrected chi connectivity index (χ2v) is 15.3. The van der Waals surface area contributed by atoms with Crippen LogP contribution in [-0.4, -0.2) is 107 Å². The Morgan fingerprint density at radius 2 is 1.86 bits per heavy atom. The number of aliphatic carboxylic acids is 1. The first-order valence-electron chi connectivity index (χ1n) is 15.5. The number of tetrazole rings is 1. The summed E-state index contributed by atoms with van der Waals surface area (Å²) in [6, 6.07) is 7.10. The van der Waals surface area contributed by atoms with E-state index in [1.165, 1.54) is 53.2 Å². The fraction of sp³-hybridized carbons (Fsp3) is 0.233. The van der Waals surface area contributed by atoms with E-state index in [1.807, 2.05) is 0 Å². The van der Waals surface area contributed by atoms with Crippen LogP contribution in [0.25, 0.3) is 0 Å². The molecule has 4 aromatic rings. The number of amides is 4. The second kappa shape index (κ2) is 16.6. The molecule has 2 aliphatic heterocycles. The number of carboxylic acid groups (broad SMARTS) is 1. The van der Waals surface area contributed by atoms with E-state index in [0.29, 0.717) is 21.3 Å². The minimum atomic E-state index is -3.96. The van der Waals surface area contributed by atoms with E-state index in [-0.39, 0.29) is 63.2 Å². The predicted octanol–water partition coefficient (Wildman–Crippen LogP) is -4.40. The van der Waals surface area contributed by atoms with Crippen molar-refractivity contribution in [2.24, 2.45) is 17.9 Å². The number of phenolic OH excluding ortho intramolecular Hbond substituents is 1. The van der Waals surface area contributed by atoms with Crippen LogP contribution in [0.4, 0.5) is 22.1 Å². The molecule has 3 atom stereocenters. The Hall–Kier alpha value is -5.02. The van der Waals surface area contributed by atoms with Crippen molar-refractivity contribution in [3.63, 3.8) is 0 Å². The van der Waals surface area contributed by atoms with Gasteiger partial charge in [0.25, 0.3) is 17.5 Å². The van der Waals surface area contributed by atoms with Gasteiger partial charge in [-0.15, -0.1) is 16.9 Å². The third-order valence-corrected chi connectivity index (χ3v) is 11.7. The molecule has 2 aromatic carbocycles. The van der Waals surface area contributed by atoms with Gasteiger partial charge >= 0.3 is 35.6 Å². The number of nitrogens with one attached hydrogen (secondary N) is 2. The zero-order chi connectivity index (χ0) is 39.8. The third kappa shape index (κ3) is 8.10. The van der Waals surface area contributed by atoms with Gasteiger partial charge in [0.05, 0.1) is 22.8 Å². The van der Waals surface area contributed by atoms with Crippen molar-refractivity contribution in [1.29, 1.82) is 0 Å². The molecule has 0 radical (unpaired) electrons. The van der Waals surface area contributed by atoms with Crippen LogP contribution in [-0.2, 0) is 36.2 Å². The average Bonchev–Trinajstić information content (AvgIpc) is 3.55. The van der Waals surface area contributed by atoms with E-state index >= 15 is 0 Å². The van der Waals surface area contributed by atoms with Gasteiger partial charge in [0, 0.05) is 31.4 Å². The average molecular weight is 837 g/mol. The van der Waals surface area contributed by atoms with Crippen molar-refractivity contribution in [2.45, 2.75) is 27.2 Å². The molecule has 1 fully saturated rings. The van der Waals surface area contributed by atoms with Crippen molar-refractivity contribution in [2.75, 3.05) is 28.8 Å². The quantitative estimate of drug-likeness (QED) is 0.0320. The zero-order valence-corrected chi connectivity index (χ0v) is 33.8. The maximum absolute atomic E-state index is 14.4. The van der Waals surface area contributed by atoms with Crippen LogP contribution in [0.3, 0.4) is 0 Å². The molecule has 4 heterocycles. The number of aromatic nitrogens is 6. The molecular formula is C30H29N12NaO10S3. The van der Waals surface area contributed by atoms with Crippen LogP contribution in [0.1, 0.15) is 11.6 Å². The second-order valence-electron chi connectivity index (χ2n) is 11.7. The Labute approximate surface area is 347 Å². The number of β-lactam (4-membered cyclic amide) rings is 1. The number of urea groups is 1. The van der Waals surface area contributed by atoms with Gasteiger partial charge in [0.1, 0.15) is 22.9 Å². The largest absolute Gasteiger partial charge is 1.00 e. The number of benzene rings is 2. The van der Waals surface area contributed by atoms with E-state index in [4.69, 9.17) is 15.6 Å². The fourth-order valence-corrected chi connectivity index (χ4v) is 8.65.